The predicted octanol–water partition coefficient (Wildman–Crippen LogP) is 1.08. The average Bonchev–Trinajstić information content (AvgIpc) is 2.57. The molecule has 0 radical (unpaired) electrons. The Morgan fingerprint density at radius 3 is 3.00 bits per heavy atom. The van der Waals surface area contributed by atoms with Gasteiger partial charge in [-0.25, -0.2) is 0 Å². The fourth-order valence-electron chi connectivity index (χ4n) is 1.05. The van der Waals surface area contributed by atoms with E-state index >= 15 is 0 Å². The summed E-state index contributed by atoms with van der Waals surface area (Å²) >= 11 is 0. The second-order valence-electron chi connectivity index (χ2n) is 2.76. The summed E-state index contributed by atoms with van der Waals surface area (Å²) in [4.78, 5) is 11.0. The van der Waals surface area contributed by atoms with Crippen molar-refractivity contribution in [3.8, 4) is 0 Å². The first-order valence-electron chi connectivity index (χ1n) is 4.24. The summed E-state index contributed by atoms with van der Waals surface area (Å²) < 4.78 is 0. The molecule has 0 atom stereocenters. The molecular weight excluding hydrogens is 166 g/mol. The number of carbonyl (C=O) groups excluding carboxylic acids is 1. The van der Waals surface area contributed by atoms with E-state index in [0.717, 1.165) is 18.4 Å². The molecule has 0 aromatic carbocycles. The maximum Gasteiger partial charge on any atom is 0.249 e. The number of carbonyl (C=O) groups is 1. The van der Waals surface area contributed by atoms with Gasteiger partial charge in [-0.05, 0) is 6.42 Å². The van der Waals surface area contributed by atoms with Gasteiger partial charge in [0.1, 0.15) is 0 Å². The number of unbranched alkanes of at least 4 members (excludes halogenated alkanes) is 1. The highest BCUT2D eigenvalue weighted by Crippen LogP contribution is 2.12. The van der Waals surface area contributed by atoms with Crippen LogP contribution in [0.2, 0.25) is 0 Å². The van der Waals surface area contributed by atoms with Crippen molar-refractivity contribution in [1.29, 1.82) is 0 Å². The molecule has 1 aromatic rings. The molecule has 4 nitrogen and oxygen atoms in total. The number of H-pyrrole nitrogens is 1. The highest BCUT2D eigenvalue weighted by molar-refractivity contribution is 6.18. The second-order valence-corrected chi connectivity index (χ2v) is 2.76. The van der Waals surface area contributed by atoms with Crippen LogP contribution in [0.3, 0.4) is 0 Å². The van der Waals surface area contributed by atoms with Gasteiger partial charge < -0.3 is 5.73 Å². The van der Waals surface area contributed by atoms with Gasteiger partial charge in [-0.1, -0.05) is 19.4 Å². The van der Waals surface area contributed by atoms with Crippen LogP contribution in [-0.4, -0.2) is 16.1 Å². The van der Waals surface area contributed by atoms with Crippen LogP contribution in [0.1, 0.15) is 25.3 Å². The van der Waals surface area contributed by atoms with Crippen LogP contribution >= 0.6 is 0 Å². The Morgan fingerprint density at radius 1 is 1.77 bits per heavy atom. The molecule has 3 N–H and O–H groups in total. The molecule has 70 valence electrons. The summed E-state index contributed by atoms with van der Waals surface area (Å²) in [6.45, 7) is 2.05. The normalized spacial score (nSPS) is 11.6. The number of primary amides is 1. The molecule has 4 heteroatoms. The number of nitrogens with one attached hydrogen (secondary N) is 1. The van der Waals surface area contributed by atoms with E-state index in [2.05, 4.69) is 10.2 Å². The monoisotopic (exact) mass is 179 g/mol. The first-order valence-corrected chi connectivity index (χ1v) is 4.24. The zero-order chi connectivity index (χ0) is 9.68. The first-order chi connectivity index (χ1) is 6.25. The minimum absolute atomic E-state index is 0.408. The van der Waals surface area contributed by atoms with Gasteiger partial charge in [0, 0.05) is 17.3 Å². The van der Waals surface area contributed by atoms with E-state index in [1.54, 1.807) is 12.4 Å². The molecule has 0 spiro atoms. The van der Waals surface area contributed by atoms with E-state index in [9.17, 15) is 4.79 Å². The zero-order valence-corrected chi connectivity index (χ0v) is 7.58. The lowest BCUT2D eigenvalue weighted by molar-refractivity contribution is -0.112. The smallest absolute Gasteiger partial charge is 0.249 e. The van der Waals surface area contributed by atoms with E-state index in [-0.39, 0.29) is 0 Å². The van der Waals surface area contributed by atoms with Crippen LogP contribution < -0.4 is 5.73 Å². The van der Waals surface area contributed by atoms with E-state index in [1.165, 1.54) is 0 Å². The Bertz CT molecular complexity index is 301. The third-order valence-corrected chi connectivity index (χ3v) is 1.71. The van der Waals surface area contributed by atoms with Crippen molar-refractivity contribution >= 4 is 11.5 Å². The molecular formula is C9H13N3O. The number of allylic oxidation sites excluding steroid dienone is 1. The van der Waals surface area contributed by atoms with Gasteiger partial charge in [-0.15, -0.1) is 0 Å². The third kappa shape index (κ3) is 2.43. The van der Waals surface area contributed by atoms with Gasteiger partial charge in [-0.3, -0.25) is 9.89 Å². The molecule has 0 aliphatic heterocycles. The number of aromatic amines is 1. The molecule has 0 aliphatic carbocycles. The van der Waals surface area contributed by atoms with Crippen molar-refractivity contribution in [2.24, 2.45) is 5.73 Å². The summed E-state index contributed by atoms with van der Waals surface area (Å²) in [5.41, 5.74) is 6.51. The van der Waals surface area contributed by atoms with Gasteiger partial charge in [0.15, 0.2) is 0 Å². The maximum atomic E-state index is 11.0. The van der Waals surface area contributed by atoms with Crippen LogP contribution in [0.25, 0.3) is 5.57 Å². The van der Waals surface area contributed by atoms with Crippen LogP contribution in [0.5, 0.6) is 0 Å². The Balaban J connectivity index is 2.87. The number of amides is 1. The molecule has 0 fully saturated rings. The van der Waals surface area contributed by atoms with Crippen LogP contribution in [0.4, 0.5) is 0 Å². The molecule has 0 saturated heterocycles. The fraction of sp³-hybridized carbons (Fsp3) is 0.333. The van der Waals surface area contributed by atoms with Crippen LogP contribution in [0.15, 0.2) is 18.5 Å². The van der Waals surface area contributed by atoms with E-state index in [1.807, 2.05) is 13.0 Å². The van der Waals surface area contributed by atoms with Gasteiger partial charge in [-0.2, -0.15) is 5.10 Å². The largest absolute Gasteiger partial charge is 0.366 e. The highest BCUT2D eigenvalue weighted by Gasteiger charge is 2.07. The number of hydrogen-bond acceptors (Lipinski definition) is 2. The second kappa shape index (κ2) is 4.45. The third-order valence-electron chi connectivity index (χ3n) is 1.71. The quantitative estimate of drug-likeness (QED) is 0.679. The Labute approximate surface area is 76.8 Å². The molecule has 1 rings (SSSR count). The molecule has 0 aliphatic rings. The van der Waals surface area contributed by atoms with Crippen molar-refractivity contribution < 1.29 is 4.79 Å². The highest BCUT2D eigenvalue weighted by atomic mass is 16.1. The SMILES string of the molecule is CCC/C=C(/C(N)=O)c1cn[nH]c1. The number of nitrogens with two attached hydrogens (primary N) is 1. The van der Waals surface area contributed by atoms with Gasteiger partial charge in [0.05, 0.1) is 6.20 Å². The first kappa shape index (κ1) is 9.51. The summed E-state index contributed by atoms with van der Waals surface area (Å²) in [6.07, 6.45) is 6.93. The molecule has 0 bridgehead atoms. The van der Waals surface area contributed by atoms with Gasteiger partial charge in [0.25, 0.3) is 0 Å². The zero-order valence-electron chi connectivity index (χ0n) is 7.58. The molecule has 1 aromatic heterocycles. The summed E-state index contributed by atoms with van der Waals surface area (Å²) in [5.74, 6) is -0.408. The fourth-order valence-corrected chi connectivity index (χ4v) is 1.05. The van der Waals surface area contributed by atoms with E-state index in [0.29, 0.717) is 5.57 Å². The topological polar surface area (TPSA) is 71.8 Å². The number of rotatable bonds is 4. The minimum atomic E-state index is -0.408. The number of hydrogen-bond donors (Lipinski definition) is 2. The van der Waals surface area contributed by atoms with Crippen LogP contribution in [-0.2, 0) is 4.79 Å². The van der Waals surface area contributed by atoms with Crippen LogP contribution in [0, 0.1) is 0 Å². The number of aromatic nitrogens is 2. The van der Waals surface area contributed by atoms with E-state index < -0.39 is 5.91 Å². The molecule has 1 heterocycles. The Morgan fingerprint density at radius 2 is 2.54 bits per heavy atom. The molecule has 0 unspecified atom stereocenters. The lowest BCUT2D eigenvalue weighted by Crippen LogP contribution is -2.12. The van der Waals surface area contributed by atoms with Crippen molar-refractivity contribution in [1.82, 2.24) is 10.2 Å². The van der Waals surface area contributed by atoms with Crippen molar-refractivity contribution in [3.63, 3.8) is 0 Å². The van der Waals surface area contributed by atoms with E-state index in [4.69, 9.17) is 5.73 Å². The lowest BCUT2D eigenvalue weighted by atomic mass is 10.1. The predicted molar refractivity (Wildman–Crippen MR) is 50.7 cm³/mol. The lowest BCUT2D eigenvalue weighted by Gasteiger charge is -1.98. The molecule has 1 amide bonds. The average molecular weight is 179 g/mol. The standard InChI is InChI=1S/C9H13N3O/c1-2-3-4-8(9(10)13)7-5-11-12-6-7/h4-6H,2-3H2,1H3,(H2,10,13)(H,11,12)/b8-4+. The van der Waals surface area contributed by atoms with Gasteiger partial charge >= 0.3 is 0 Å². The Hall–Kier alpha value is -1.58. The minimum Gasteiger partial charge on any atom is -0.366 e. The maximum absolute atomic E-state index is 11.0. The summed E-state index contributed by atoms with van der Waals surface area (Å²) in [7, 11) is 0. The summed E-state index contributed by atoms with van der Waals surface area (Å²) in [5, 5.41) is 6.40. The number of nitrogens with zero attached hydrogens (tertiary/aromatic N) is 1. The van der Waals surface area contributed by atoms with Crippen molar-refractivity contribution in [2.45, 2.75) is 19.8 Å². The molecule has 0 saturated carbocycles. The van der Waals surface area contributed by atoms with Gasteiger partial charge in [0.2, 0.25) is 5.91 Å². The molecule has 13 heavy (non-hydrogen) atoms. The summed E-state index contributed by atoms with van der Waals surface area (Å²) in [6, 6.07) is 0. The van der Waals surface area contributed by atoms with Crippen molar-refractivity contribution in [2.75, 3.05) is 0 Å². The van der Waals surface area contributed by atoms with Crippen molar-refractivity contribution in [3.05, 3.63) is 24.0 Å². The Kier molecular flexibility index (Phi) is 3.25.